The molecule has 5 nitrogen and oxygen atoms in total. The lowest BCUT2D eigenvalue weighted by atomic mass is 9.88. The molecule has 3 rings (SSSR count). The van der Waals surface area contributed by atoms with E-state index in [-0.39, 0.29) is 29.7 Å². The average Bonchev–Trinajstić information content (AvgIpc) is 2.98. The predicted molar refractivity (Wildman–Crippen MR) is 65.5 cm³/mol. The average molecular weight is 279 g/mol. The second kappa shape index (κ2) is 5.84. The Hall–Kier alpha value is -2.20. The minimum absolute atomic E-state index is 0.00569. The maximum atomic E-state index is 14.0. The second-order valence-corrected chi connectivity index (χ2v) is 4.80. The number of hydrogen-bond donors (Lipinski definition) is 1. The van der Waals surface area contributed by atoms with Crippen molar-refractivity contribution in [2.75, 3.05) is 13.2 Å². The van der Waals surface area contributed by atoms with E-state index in [1.807, 2.05) is 13.0 Å². The molecule has 1 amide bonds. The van der Waals surface area contributed by atoms with E-state index in [9.17, 15) is 9.18 Å². The van der Waals surface area contributed by atoms with E-state index in [2.05, 4.69) is 5.32 Å². The summed E-state index contributed by atoms with van der Waals surface area (Å²) in [5.74, 6) is 0.166. The van der Waals surface area contributed by atoms with E-state index in [4.69, 9.17) is 14.3 Å². The van der Waals surface area contributed by atoms with Gasteiger partial charge in [0.1, 0.15) is 11.6 Å². The van der Waals surface area contributed by atoms with Crippen molar-refractivity contribution in [2.45, 2.75) is 19.3 Å². The summed E-state index contributed by atoms with van der Waals surface area (Å²) in [5, 5.41) is 2.78. The van der Waals surface area contributed by atoms with Crippen LogP contribution in [0.15, 0.2) is 12.1 Å². The molecule has 6 heteroatoms. The molecule has 106 valence electrons. The normalized spacial score (nSPS) is 23.0. The summed E-state index contributed by atoms with van der Waals surface area (Å²) in [7, 11) is 0. The molecule has 0 spiro atoms. The summed E-state index contributed by atoms with van der Waals surface area (Å²) in [6.07, 6.45) is 1.07. The molecule has 1 aromatic rings. The quantitative estimate of drug-likeness (QED) is 0.833. The van der Waals surface area contributed by atoms with E-state index in [1.54, 1.807) is 0 Å². The van der Waals surface area contributed by atoms with Gasteiger partial charge in [0.15, 0.2) is 0 Å². The van der Waals surface area contributed by atoms with Gasteiger partial charge >= 0.3 is 6.15 Å². The maximum absolute atomic E-state index is 14.0. The number of amides is 1. The number of carbonyl (C=O) groups excluding carboxylic acids is 3. The minimum Gasteiger partial charge on any atom is -0.493 e. The van der Waals surface area contributed by atoms with Crippen LogP contribution >= 0.6 is 0 Å². The number of fused-ring (bicyclic) bond motifs is 1. The largest absolute Gasteiger partial charge is 0.493 e. The van der Waals surface area contributed by atoms with Gasteiger partial charge in [0.05, 0.1) is 6.61 Å². The predicted octanol–water partition coefficient (Wildman–Crippen LogP) is 1.03. The van der Waals surface area contributed by atoms with Gasteiger partial charge in [0.25, 0.3) is 0 Å². The second-order valence-electron chi connectivity index (χ2n) is 4.80. The van der Waals surface area contributed by atoms with Gasteiger partial charge in [-0.25, -0.2) is 4.39 Å². The zero-order valence-corrected chi connectivity index (χ0v) is 10.9. The lowest BCUT2D eigenvalue weighted by Crippen LogP contribution is -2.17. The Labute approximate surface area is 115 Å². The van der Waals surface area contributed by atoms with Gasteiger partial charge < -0.3 is 10.1 Å². The van der Waals surface area contributed by atoms with E-state index in [0.29, 0.717) is 24.5 Å². The zero-order chi connectivity index (χ0) is 14.7. The molecular formula is C14H14FNO4. The van der Waals surface area contributed by atoms with Crippen molar-refractivity contribution in [2.24, 2.45) is 5.92 Å². The highest BCUT2D eigenvalue weighted by atomic mass is 19.1. The highest BCUT2D eigenvalue weighted by Gasteiger charge is 2.34. The van der Waals surface area contributed by atoms with E-state index >= 15 is 0 Å². The fraction of sp³-hybridized carbons (Fsp3) is 0.429. The zero-order valence-electron chi connectivity index (χ0n) is 10.9. The highest BCUT2D eigenvalue weighted by Crippen LogP contribution is 2.35. The van der Waals surface area contributed by atoms with Crippen LogP contribution in [0.3, 0.4) is 0 Å². The number of ether oxygens (including phenoxy) is 1. The number of nitrogens with one attached hydrogen (secondary N) is 1. The summed E-state index contributed by atoms with van der Waals surface area (Å²) in [6.45, 7) is 2.99. The molecule has 0 bridgehead atoms. The van der Waals surface area contributed by atoms with Crippen molar-refractivity contribution in [1.29, 1.82) is 0 Å². The highest BCUT2D eigenvalue weighted by molar-refractivity contribution is 5.82. The molecule has 2 atom stereocenters. The van der Waals surface area contributed by atoms with Crippen molar-refractivity contribution in [3.05, 3.63) is 29.1 Å². The number of halogens is 1. The van der Waals surface area contributed by atoms with Crippen molar-refractivity contribution < 1.29 is 23.5 Å². The monoisotopic (exact) mass is 279 g/mol. The molecule has 0 unspecified atom stereocenters. The Morgan fingerprint density at radius 3 is 2.70 bits per heavy atom. The summed E-state index contributed by atoms with van der Waals surface area (Å²) in [6, 6.07) is 3.31. The lowest BCUT2D eigenvalue weighted by molar-refractivity contribution is -0.191. The third-order valence-electron chi connectivity index (χ3n) is 3.72. The Balaban J connectivity index is 0.000000452. The third kappa shape index (κ3) is 2.56. The smallest absolute Gasteiger partial charge is 0.373 e. The molecule has 1 saturated heterocycles. The lowest BCUT2D eigenvalue weighted by Gasteiger charge is -2.15. The maximum Gasteiger partial charge on any atom is 0.373 e. The van der Waals surface area contributed by atoms with Crippen LogP contribution in [-0.2, 0) is 20.8 Å². The van der Waals surface area contributed by atoms with Gasteiger partial charge in [-0.15, -0.1) is 0 Å². The van der Waals surface area contributed by atoms with Crippen LogP contribution in [0.25, 0.3) is 0 Å². The van der Waals surface area contributed by atoms with Gasteiger partial charge in [-0.05, 0) is 17.2 Å². The van der Waals surface area contributed by atoms with Crippen molar-refractivity contribution in [1.82, 2.24) is 5.32 Å². The molecule has 0 aliphatic carbocycles. The Kier molecular flexibility index (Phi) is 4.15. The van der Waals surface area contributed by atoms with Gasteiger partial charge in [-0.3, -0.25) is 4.79 Å². The Bertz CT molecular complexity index is 567. The first-order chi connectivity index (χ1) is 9.58. The van der Waals surface area contributed by atoms with Crippen LogP contribution in [0, 0.1) is 11.7 Å². The van der Waals surface area contributed by atoms with E-state index in [0.717, 1.165) is 12.0 Å². The first kappa shape index (κ1) is 14.2. The van der Waals surface area contributed by atoms with Crippen molar-refractivity contribution in [3.63, 3.8) is 0 Å². The number of carbonyl (C=O) groups is 1. The van der Waals surface area contributed by atoms with Crippen LogP contribution in [-0.4, -0.2) is 25.2 Å². The molecule has 0 radical (unpaired) electrons. The standard InChI is InChI=1S/C13H14FNO2.CO2/c1-7-10(6-15-13(7)16)9-4-8-2-3-17-12(8)5-11(9)14;2-1-3/h4-5,7,10H,2-3,6H2,1H3,(H,15,16);/t7-,10+;/m0./s1. The fourth-order valence-electron chi connectivity index (χ4n) is 2.61. The number of hydrogen-bond acceptors (Lipinski definition) is 4. The van der Waals surface area contributed by atoms with Gasteiger partial charge in [-0.2, -0.15) is 9.59 Å². The summed E-state index contributed by atoms with van der Waals surface area (Å²) < 4.78 is 19.3. The summed E-state index contributed by atoms with van der Waals surface area (Å²) in [4.78, 5) is 27.7. The molecule has 2 aliphatic heterocycles. The van der Waals surface area contributed by atoms with E-state index in [1.165, 1.54) is 6.07 Å². The molecule has 0 saturated carbocycles. The molecule has 1 N–H and O–H groups in total. The first-order valence-corrected chi connectivity index (χ1v) is 6.30. The van der Waals surface area contributed by atoms with Crippen LogP contribution < -0.4 is 10.1 Å². The van der Waals surface area contributed by atoms with Crippen molar-refractivity contribution in [3.8, 4) is 5.75 Å². The van der Waals surface area contributed by atoms with Gasteiger partial charge in [0.2, 0.25) is 5.91 Å². The van der Waals surface area contributed by atoms with Crippen molar-refractivity contribution >= 4 is 12.1 Å². The minimum atomic E-state index is -0.265. The van der Waals surface area contributed by atoms with Gasteiger partial charge in [0, 0.05) is 30.9 Å². The molecule has 1 fully saturated rings. The topological polar surface area (TPSA) is 72.5 Å². The van der Waals surface area contributed by atoms with Crippen LogP contribution in [0.4, 0.5) is 4.39 Å². The molecule has 2 heterocycles. The molecule has 20 heavy (non-hydrogen) atoms. The molecular weight excluding hydrogens is 265 g/mol. The van der Waals surface area contributed by atoms with Gasteiger partial charge in [-0.1, -0.05) is 6.92 Å². The number of benzene rings is 1. The summed E-state index contributed by atoms with van der Waals surface area (Å²) >= 11 is 0. The van der Waals surface area contributed by atoms with Crippen LogP contribution in [0.2, 0.25) is 0 Å². The van der Waals surface area contributed by atoms with E-state index < -0.39 is 0 Å². The summed E-state index contributed by atoms with van der Waals surface area (Å²) in [5.41, 5.74) is 1.69. The SMILES string of the molecule is C[C@@H]1C(=O)NC[C@H]1c1cc2c(cc1F)OCC2.O=C=O. The molecule has 0 aromatic heterocycles. The first-order valence-electron chi connectivity index (χ1n) is 6.30. The molecule has 1 aromatic carbocycles. The van der Waals surface area contributed by atoms with Crippen LogP contribution in [0.1, 0.15) is 24.0 Å². The fourth-order valence-corrected chi connectivity index (χ4v) is 2.61. The molecule has 2 aliphatic rings. The third-order valence-corrected chi connectivity index (χ3v) is 3.72. The van der Waals surface area contributed by atoms with Crippen LogP contribution in [0.5, 0.6) is 5.75 Å². The Morgan fingerprint density at radius 2 is 2.10 bits per heavy atom. The Morgan fingerprint density at radius 1 is 1.40 bits per heavy atom. The number of rotatable bonds is 1.